The van der Waals surface area contributed by atoms with E-state index in [9.17, 15) is 4.79 Å². The molecule has 2 aromatic heterocycles. The molecule has 0 amide bonds. The second-order valence-corrected chi connectivity index (χ2v) is 3.76. The molecule has 8 nitrogen and oxygen atoms in total. The fourth-order valence-electron chi connectivity index (χ4n) is 1.13. The van der Waals surface area contributed by atoms with Crippen LogP contribution < -0.4 is 22.0 Å². The number of aromatic amines is 2. The number of rotatable bonds is 2. The molecule has 9 heteroatoms. The number of anilines is 2. The SMILES string of the molecule is COCc1cc(=O)[nH]c([S-])n1.Nc1cc[nH+]c(N)n1. The lowest BCUT2D eigenvalue weighted by atomic mass is 10.4. The van der Waals surface area contributed by atoms with E-state index in [0.29, 0.717) is 24.1 Å². The molecule has 19 heavy (non-hydrogen) atoms. The topological polar surface area (TPSA) is 134 Å². The first kappa shape index (κ1) is 14.8. The van der Waals surface area contributed by atoms with Crippen LogP contribution in [0.3, 0.4) is 0 Å². The van der Waals surface area contributed by atoms with Crippen LogP contribution in [0, 0.1) is 0 Å². The molecule has 0 aliphatic heterocycles. The van der Waals surface area contributed by atoms with Crippen LogP contribution in [-0.4, -0.2) is 22.1 Å². The molecular formula is C10H14N6O2S. The largest absolute Gasteiger partial charge is 0.742 e. The van der Waals surface area contributed by atoms with Crippen molar-refractivity contribution < 1.29 is 9.72 Å². The van der Waals surface area contributed by atoms with Gasteiger partial charge in [0.15, 0.2) is 0 Å². The zero-order chi connectivity index (χ0) is 14.3. The lowest BCUT2D eigenvalue weighted by molar-refractivity contribution is -0.364. The summed E-state index contributed by atoms with van der Waals surface area (Å²) in [6.45, 7) is 0.313. The third-order valence-electron chi connectivity index (χ3n) is 1.80. The molecule has 0 fully saturated rings. The van der Waals surface area contributed by atoms with Gasteiger partial charge in [-0.15, -0.1) is 0 Å². The van der Waals surface area contributed by atoms with Crippen molar-refractivity contribution in [3.8, 4) is 0 Å². The Labute approximate surface area is 114 Å². The van der Waals surface area contributed by atoms with Gasteiger partial charge in [0, 0.05) is 19.2 Å². The maximum atomic E-state index is 10.8. The maximum absolute atomic E-state index is 10.8. The van der Waals surface area contributed by atoms with Crippen molar-refractivity contribution in [2.45, 2.75) is 11.8 Å². The highest BCUT2D eigenvalue weighted by molar-refractivity contribution is 7.58. The minimum Gasteiger partial charge on any atom is -0.742 e. The highest BCUT2D eigenvalue weighted by Crippen LogP contribution is 1.92. The van der Waals surface area contributed by atoms with Crippen LogP contribution in [0.25, 0.3) is 0 Å². The number of methoxy groups -OCH3 is 1. The van der Waals surface area contributed by atoms with Gasteiger partial charge in [-0.25, -0.2) is 4.98 Å². The molecule has 2 aromatic rings. The quantitative estimate of drug-likeness (QED) is 0.469. The highest BCUT2D eigenvalue weighted by Gasteiger charge is 1.94. The third-order valence-corrected chi connectivity index (χ3v) is 1.99. The van der Waals surface area contributed by atoms with Crippen LogP contribution in [0.5, 0.6) is 0 Å². The summed E-state index contributed by atoms with van der Waals surface area (Å²) < 4.78 is 4.78. The standard InChI is InChI=1S/C6H8N2O2S.C4H6N4/c1-10-3-4-2-5(9)8-6(11)7-4;5-3-1-2-7-4(6)8-3/h2H,3H2,1H3,(H2,7,8,9,11);1-2H,(H4,5,6,7,8). The van der Waals surface area contributed by atoms with E-state index in [4.69, 9.17) is 16.2 Å². The van der Waals surface area contributed by atoms with Crippen molar-refractivity contribution in [2.75, 3.05) is 18.6 Å². The van der Waals surface area contributed by atoms with E-state index in [2.05, 4.69) is 32.6 Å². The lowest BCUT2D eigenvalue weighted by Crippen LogP contribution is -2.12. The van der Waals surface area contributed by atoms with Gasteiger partial charge in [0.2, 0.25) is 11.4 Å². The Hall–Kier alpha value is -2.26. The van der Waals surface area contributed by atoms with Crippen molar-refractivity contribution in [1.82, 2.24) is 15.0 Å². The van der Waals surface area contributed by atoms with Gasteiger partial charge >= 0.3 is 5.95 Å². The van der Waals surface area contributed by atoms with E-state index < -0.39 is 0 Å². The summed E-state index contributed by atoms with van der Waals surface area (Å²) in [5, 5.41) is 0.199. The Morgan fingerprint density at radius 1 is 1.47 bits per heavy atom. The fourth-order valence-corrected chi connectivity index (χ4v) is 1.34. The molecule has 0 aliphatic carbocycles. The number of nitrogens with two attached hydrogens (primary N) is 2. The molecule has 6 N–H and O–H groups in total. The molecule has 0 aliphatic rings. The molecule has 2 heterocycles. The number of nitrogens with one attached hydrogen (secondary N) is 2. The Morgan fingerprint density at radius 3 is 2.68 bits per heavy atom. The summed E-state index contributed by atoms with van der Waals surface area (Å²) in [6.07, 6.45) is 1.64. The van der Waals surface area contributed by atoms with Crippen LogP contribution in [0.4, 0.5) is 11.8 Å². The smallest absolute Gasteiger partial charge is 0.388 e. The Morgan fingerprint density at radius 2 is 2.21 bits per heavy atom. The van der Waals surface area contributed by atoms with E-state index in [1.54, 1.807) is 12.3 Å². The number of hydrogen-bond donors (Lipinski definition) is 3. The number of nitrogen functional groups attached to an aromatic ring is 2. The molecule has 102 valence electrons. The first-order valence-corrected chi connectivity index (χ1v) is 5.58. The van der Waals surface area contributed by atoms with Gasteiger partial charge in [-0.05, 0) is 5.16 Å². The maximum Gasteiger partial charge on any atom is 0.388 e. The van der Waals surface area contributed by atoms with Crippen molar-refractivity contribution in [1.29, 1.82) is 0 Å². The summed E-state index contributed by atoms with van der Waals surface area (Å²) in [6, 6.07) is 3.00. The molecule has 0 aromatic carbocycles. The normalized spacial score (nSPS) is 9.53. The third kappa shape index (κ3) is 5.75. The predicted molar refractivity (Wildman–Crippen MR) is 70.8 cm³/mol. The Kier molecular flexibility index (Phi) is 5.64. The van der Waals surface area contributed by atoms with Gasteiger partial charge in [-0.3, -0.25) is 15.5 Å². The number of aromatic nitrogens is 4. The van der Waals surface area contributed by atoms with Crippen LogP contribution in [0.15, 0.2) is 28.3 Å². The summed E-state index contributed by atoms with van der Waals surface area (Å²) in [7, 11) is 1.53. The predicted octanol–water partition coefficient (Wildman–Crippen LogP) is -1.12. The van der Waals surface area contributed by atoms with Crippen molar-refractivity contribution in [3.05, 3.63) is 34.4 Å². The van der Waals surface area contributed by atoms with Crippen molar-refractivity contribution in [3.63, 3.8) is 0 Å². The molecule has 0 bridgehead atoms. The molecule has 0 radical (unpaired) electrons. The highest BCUT2D eigenvalue weighted by atomic mass is 32.1. The first-order chi connectivity index (χ1) is 9.01. The summed E-state index contributed by atoms with van der Waals surface area (Å²) in [4.78, 5) is 23.3. The summed E-state index contributed by atoms with van der Waals surface area (Å²) >= 11 is 4.68. The second-order valence-electron chi connectivity index (χ2n) is 3.37. The molecule has 0 atom stereocenters. The zero-order valence-corrected chi connectivity index (χ0v) is 11.0. The minimum atomic E-state index is -0.239. The molecule has 0 saturated heterocycles. The average Bonchev–Trinajstić information content (AvgIpc) is 2.28. The van der Waals surface area contributed by atoms with E-state index in [-0.39, 0.29) is 10.7 Å². The molecule has 2 rings (SSSR count). The van der Waals surface area contributed by atoms with Gasteiger partial charge in [0.1, 0.15) is 0 Å². The molecule has 0 saturated carbocycles. The zero-order valence-electron chi connectivity index (χ0n) is 10.2. The molecule has 0 spiro atoms. The second kappa shape index (κ2) is 7.24. The van der Waals surface area contributed by atoms with Gasteiger partial charge in [-0.2, -0.15) is 0 Å². The summed E-state index contributed by atoms with van der Waals surface area (Å²) in [5.41, 5.74) is 10.8. The van der Waals surface area contributed by atoms with E-state index in [1.807, 2.05) is 0 Å². The minimum absolute atomic E-state index is 0.199. The number of nitrogens with zero attached hydrogens (tertiary/aromatic N) is 2. The van der Waals surface area contributed by atoms with Crippen LogP contribution in [0.2, 0.25) is 0 Å². The Bertz CT molecular complexity index is 571. The van der Waals surface area contributed by atoms with Crippen LogP contribution >= 0.6 is 0 Å². The van der Waals surface area contributed by atoms with Gasteiger partial charge in [0.05, 0.1) is 18.5 Å². The molecular weight excluding hydrogens is 268 g/mol. The van der Waals surface area contributed by atoms with Gasteiger partial charge in [0.25, 0.3) is 0 Å². The molecule has 0 unspecified atom stereocenters. The lowest BCUT2D eigenvalue weighted by Gasteiger charge is -2.04. The van der Waals surface area contributed by atoms with E-state index >= 15 is 0 Å². The average molecular weight is 282 g/mol. The van der Waals surface area contributed by atoms with Crippen LogP contribution in [-0.2, 0) is 24.0 Å². The van der Waals surface area contributed by atoms with E-state index in [0.717, 1.165) is 0 Å². The van der Waals surface area contributed by atoms with Crippen molar-refractivity contribution >= 4 is 24.4 Å². The summed E-state index contributed by atoms with van der Waals surface area (Å²) in [5.74, 6) is 0.770. The van der Waals surface area contributed by atoms with Gasteiger partial charge < -0.3 is 28.1 Å². The van der Waals surface area contributed by atoms with Crippen molar-refractivity contribution in [2.24, 2.45) is 0 Å². The number of hydrogen-bond acceptors (Lipinski definition) is 7. The Balaban J connectivity index is 0.000000200. The number of H-pyrrole nitrogens is 2. The van der Waals surface area contributed by atoms with Crippen LogP contribution in [0.1, 0.15) is 5.69 Å². The fraction of sp³-hybridized carbons (Fsp3) is 0.200. The van der Waals surface area contributed by atoms with Gasteiger partial charge in [-0.1, -0.05) is 4.98 Å². The number of ether oxygens (including phenoxy) is 1. The van der Waals surface area contributed by atoms with E-state index in [1.165, 1.54) is 13.2 Å². The monoisotopic (exact) mass is 282 g/mol. The first-order valence-electron chi connectivity index (χ1n) is 5.17.